The first-order chi connectivity index (χ1) is 13.5. The molecule has 1 aromatic carbocycles. The molecule has 0 saturated heterocycles. The van der Waals surface area contributed by atoms with Gasteiger partial charge in [-0.15, -0.1) is 11.3 Å². The van der Waals surface area contributed by atoms with Crippen LogP contribution in [-0.2, 0) is 11.2 Å². The van der Waals surface area contributed by atoms with Crippen LogP contribution in [0.4, 0.5) is 0 Å². The van der Waals surface area contributed by atoms with E-state index in [1.807, 2.05) is 11.3 Å². The molecule has 1 aliphatic carbocycles. The van der Waals surface area contributed by atoms with Gasteiger partial charge in [0.25, 0.3) is 0 Å². The minimum Gasteiger partial charge on any atom is -0.481 e. The van der Waals surface area contributed by atoms with E-state index in [-0.39, 0.29) is 18.3 Å². The molecule has 0 unspecified atom stereocenters. The van der Waals surface area contributed by atoms with Crippen LogP contribution in [-0.4, -0.2) is 33.5 Å². The summed E-state index contributed by atoms with van der Waals surface area (Å²) >= 11 is 1.85. The summed E-state index contributed by atoms with van der Waals surface area (Å²) in [6, 6.07) is 10.7. The number of aryl methyl sites for hydroxylation is 1. The molecule has 0 radical (unpaired) electrons. The zero-order chi connectivity index (χ0) is 19.9. The van der Waals surface area contributed by atoms with Crippen molar-refractivity contribution >= 4 is 27.4 Å². The number of rotatable bonds is 11. The van der Waals surface area contributed by atoms with Gasteiger partial charge in [-0.05, 0) is 67.9 Å². The number of carboxylic acids is 1. The molecule has 0 amide bonds. The lowest BCUT2D eigenvalue weighted by Crippen LogP contribution is -2.22. The zero-order valence-electron chi connectivity index (χ0n) is 16.4. The first-order valence-electron chi connectivity index (χ1n) is 10.6. The van der Waals surface area contributed by atoms with Crippen LogP contribution in [0.25, 0.3) is 10.1 Å². The Morgan fingerprint density at radius 3 is 2.36 bits per heavy atom. The van der Waals surface area contributed by atoms with Crippen LogP contribution in [0.15, 0.2) is 30.3 Å². The van der Waals surface area contributed by atoms with Crippen molar-refractivity contribution in [2.24, 2.45) is 11.8 Å². The molecule has 1 saturated carbocycles. The number of unbranched alkanes of at least 4 members (excludes halogenated alkanes) is 3. The van der Waals surface area contributed by atoms with Gasteiger partial charge >= 0.3 is 5.97 Å². The molecule has 1 aliphatic rings. The number of fused-ring (bicyclic) bond motifs is 1. The first-order valence-corrected chi connectivity index (χ1v) is 11.4. The first kappa shape index (κ1) is 21.3. The summed E-state index contributed by atoms with van der Waals surface area (Å²) in [6.07, 6.45) is 7.55. The van der Waals surface area contributed by atoms with Gasteiger partial charge in [0.2, 0.25) is 0 Å². The molecule has 28 heavy (non-hydrogen) atoms. The smallest absolute Gasteiger partial charge is 0.303 e. The number of carbonyl (C=O) groups is 1. The third-order valence-electron chi connectivity index (χ3n) is 6.14. The fourth-order valence-electron chi connectivity index (χ4n) is 4.66. The maximum absolute atomic E-state index is 10.6. The molecule has 5 heteroatoms. The van der Waals surface area contributed by atoms with Gasteiger partial charge in [0.1, 0.15) is 0 Å². The highest BCUT2D eigenvalue weighted by molar-refractivity contribution is 7.19. The fraction of sp³-hybridized carbons (Fsp3) is 0.609. The molecule has 3 N–H and O–H groups in total. The molecule has 3 rings (SSSR count). The predicted octanol–water partition coefficient (Wildman–Crippen LogP) is 5.01. The monoisotopic (exact) mass is 404 g/mol. The summed E-state index contributed by atoms with van der Waals surface area (Å²) in [5.41, 5.74) is 0. The lowest BCUT2D eigenvalue weighted by atomic mass is 9.85. The van der Waals surface area contributed by atoms with Crippen molar-refractivity contribution < 1.29 is 20.1 Å². The maximum Gasteiger partial charge on any atom is 0.303 e. The van der Waals surface area contributed by atoms with E-state index in [9.17, 15) is 15.0 Å². The SMILES string of the molecule is O=C(O)CCCCCC[C@@H]1[C@@H](CCCc2cc3ccccc3s2)[C@H](O)C[C@@H]1O. The number of aliphatic hydroxyl groups is 2. The lowest BCUT2D eigenvalue weighted by Gasteiger charge is -2.23. The van der Waals surface area contributed by atoms with Gasteiger partial charge in [0.15, 0.2) is 0 Å². The van der Waals surface area contributed by atoms with Gasteiger partial charge in [-0.2, -0.15) is 0 Å². The second-order valence-corrected chi connectivity index (χ2v) is 9.36. The summed E-state index contributed by atoms with van der Waals surface area (Å²) in [5.74, 6) is -0.367. The lowest BCUT2D eigenvalue weighted by molar-refractivity contribution is -0.137. The van der Waals surface area contributed by atoms with E-state index < -0.39 is 18.2 Å². The molecule has 2 aromatic rings. The topological polar surface area (TPSA) is 77.8 Å². The largest absolute Gasteiger partial charge is 0.481 e. The van der Waals surface area contributed by atoms with Gasteiger partial charge in [-0.1, -0.05) is 37.5 Å². The quantitative estimate of drug-likeness (QED) is 0.460. The molecule has 4 atom stereocenters. The van der Waals surface area contributed by atoms with E-state index in [0.29, 0.717) is 6.42 Å². The summed E-state index contributed by atoms with van der Waals surface area (Å²) in [4.78, 5) is 11.9. The highest BCUT2D eigenvalue weighted by Crippen LogP contribution is 2.39. The number of aliphatic hydroxyl groups excluding tert-OH is 2. The Labute approximate surface area is 171 Å². The van der Waals surface area contributed by atoms with Crippen LogP contribution in [0.2, 0.25) is 0 Å². The second kappa shape index (κ2) is 10.4. The molecule has 1 heterocycles. The summed E-state index contributed by atoms with van der Waals surface area (Å²) in [6.45, 7) is 0. The van der Waals surface area contributed by atoms with Crippen molar-refractivity contribution in [3.05, 3.63) is 35.2 Å². The minimum atomic E-state index is -0.729. The van der Waals surface area contributed by atoms with Crippen molar-refractivity contribution in [2.45, 2.75) is 76.4 Å². The van der Waals surface area contributed by atoms with Crippen LogP contribution >= 0.6 is 11.3 Å². The standard InChI is InChI=1S/C23H32O4S/c24-20-15-21(25)19(18(20)10-3-1-2-4-13-23(26)27)11-7-9-17-14-16-8-5-6-12-22(16)28-17/h5-6,8,12,14,18-21,24-25H,1-4,7,9-11,13,15H2,(H,26,27)/t18-,19-,20+,21-/m1/s1. The number of carboxylic acid groups (broad SMARTS) is 1. The number of aliphatic carboxylic acids is 1. The fourth-order valence-corrected chi connectivity index (χ4v) is 5.77. The van der Waals surface area contributed by atoms with E-state index >= 15 is 0 Å². The zero-order valence-corrected chi connectivity index (χ0v) is 17.2. The Morgan fingerprint density at radius 1 is 0.964 bits per heavy atom. The van der Waals surface area contributed by atoms with Crippen molar-refractivity contribution in [3.8, 4) is 0 Å². The predicted molar refractivity (Wildman–Crippen MR) is 114 cm³/mol. The molecule has 0 aliphatic heterocycles. The molecule has 1 aromatic heterocycles. The van der Waals surface area contributed by atoms with Crippen LogP contribution < -0.4 is 0 Å². The average molecular weight is 405 g/mol. The van der Waals surface area contributed by atoms with Gasteiger partial charge in [0, 0.05) is 16.0 Å². The average Bonchev–Trinajstić information content (AvgIpc) is 3.18. The van der Waals surface area contributed by atoms with E-state index in [2.05, 4.69) is 30.3 Å². The number of benzene rings is 1. The third-order valence-corrected chi connectivity index (χ3v) is 7.31. The van der Waals surface area contributed by atoms with Gasteiger partial charge in [0.05, 0.1) is 12.2 Å². The van der Waals surface area contributed by atoms with Crippen LogP contribution in [0.1, 0.15) is 62.7 Å². The minimum absolute atomic E-state index is 0.178. The van der Waals surface area contributed by atoms with Crippen molar-refractivity contribution in [1.29, 1.82) is 0 Å². The van der Waals surface area contributed by atoms with Gasteiger partial charge in [-0.3, -0.25) is 4.79 Å². The Morgan fingerprint density at radius 2 is 1.64 bits per heavy atom. The van der Waals surface area contributed by atoms with Gasteiger partial charge in [-0.25, -0.2) is 0 Å². The summed E-state index contributed by atoms with van der Waals surface area (Å²) in [5, 5.41) is 30.8. The number of hydrogen-bond donors (Lipinski definition) is 3. The highest BCUT2D eigenvalue weighted by atomic mass is 32.1. The molecule has 0 spiro atoms. The van der Waals surface area contributed by atoms with Crippen molar-refractivity contribution in [1.82, 2.24) is 0 Å². The molecule has 4 nitrogen and oxygen atoms in total. The third kappa shape index (κ3) is 5.79. The number of thiophene rings is 1. The van der Waals surface area contributed by atoms with Crippen LogP contribution in [0.3, 0.4) is 0 Å². The van der Waals surface area contributed by atoms with Crippen molar-refractivity contribution in [2.75, 3.05) is 0 Å². The molecular formula is C23H32O4S. The van der Waals surface area contributed by atoms with Crippen LogP contribution in [0, 0.1) is 11.8 Å². The van der Waals surface area contributed by atoms with E-state index in [4.69, 9.17) is 5.11 Å². The molecule has 1 fully saturated rings. The van der Waals surface area contributed by atoms with E-state index in [0.717, 1.165) is 51.4 Å². The molecule has 154 valence electrons. The normalized spacial score (nSPS) is 24.8. The van der Waals surface area contributed by atoms with Crippen LogP contribution in [0.5, 0.6) is 0 Å². The Hall–Kier alpha value is -1.43. The Kier molecular flexibility index (Phi) is 7.89. The van der Waals surface area contributed by atoms with E-state index in [1.54, 1.807) is 0 Å². The second-order valence-electron chi connectivity index (χ2n) is 8.19. The van der Waals surface area contributed by atoms with Crippen molar-refractivity contribution in [3.63, 3.8) is 0 Å². The van der Waals surface area contributed by atoms with Gasteiger partial charge < -0.3 is 15.3 Å². The maximum atomic E-state index is 10.6. The number of hydrogen-bond acceptors (Lipinski definition) is 4. The summed E-state index contributed by atoms with van der Waals surface area (Å²) < 4.78 is 1.33. The van der Waals surface area contributed by atoms with E-state index in [1.165, 1.54) is 15.0 Å². The highest BCUT2D eigenvalue weighted by Gasteiger charge is 2.40. The summed E-state index contributed by atoms with van der Waals surface area (Å²) in [7, 11) is 0. The molecular weight excluding hydrogens is 372 g/mol. The Bertz CT molecular complexity index is 723. The Balaban J connectivity index is 1.43. The molecule has 0 bridgehead atoms.